The molecular formula is C19H28N6O. The van der Waals surface area contributed by atoms with Crippen LogP contribution >= 0.6 is 0 Å². The first-order valence-electron chi connectivity index (χ1n) is 9.89. The zero-order valence-corrected chi connectivity index (χ0v) is 15.2. The van der Waals surface area contributed by atoms with Gasteiger partial charge in [-0.1, -0.05) is 32.1 Å². The summed E-state index contributed by atoms with van der Waals surface area (Å²) in [6.07, 6.45) is 11.8. The molecule has 26 heavy (non-hydrogen) atoms. The van der Waals surface area contributed by atoms with Crippen molar-refractivity contribution in [1.29, 1.82) is 0 Å². The van der Waals surface area contributed by atoms with Crippen LogP contribution in [-0.4, -0.2) is 39.0 Å². The molecule has 1 amide bonds. The largest absolute Gasteiger partial charge is 0.315 e. The maximum absolute atomic E-state index is 12.5. The van der Waals surface area contributed by atoms with Crippen LogP contribution in [0.2, 0.25) is 0 Å². The molecule has 3 heterocycles. The number of amides is 1. The van der Waals surface area contributed by atoms with Crippen molar-refractivity contribution in [2.75, 3.05) is 18.4 Å². The fourth-order valence-electron chi connectivity index (χ4n) is 4.13. The van der Waals surface area contributed by atoms with E-state index in [1.54, 1.807) is 6.07 Å². The van der Waals surface area contributed by atoms with E-state index in [1.165, 1.54) is 32.1 Å². The molecule has 1 atom stereocenters. The van der Waals surface area contributed by atoms with Gasteiger partial charge in [0, 0.05) is 24.5 Å². The summed E-state index contributed by atoms with van der Waals surface area (Å²) in [6.45, 7) is 1.97. The number of H-pyrrole nitrogens is 1. The number of carbonyl (C=O) groups is 1. The molecule has 2 aromatic rings. The highest BCUT2D eigenvalue weighted by Gasteiger charge is 2.19. The first kappa shape index (κ1) is 17.3. The summed E-state index contributed by atoms with van der Waals surface area (Å²) >= 11 is 0. The molecule has 0 bridgehead atoms. The molecule has 2 aromatic heterocycles. The Morgan fingerprint density at radius 3 is 2.92 bits per heavy atom. The van der Waals surface area contributed by atoms with Gasteiger partial charge in [0.2, 0.25) is 0 Å². The zero-order chi connectivity index (χ0) is 17.8. The summed E-state index contributed by atoms with van der Waals surface area (Å²) in [5, 5.41) is 18.0. The fourth-order valence-corrected chi connectivity index (χ4v) is 4.13. The van der Waals surface area contributed by atoms with Crippen LogP contribution in [0, 0.1) is 5.92 Å². The van der Waals surface area contributed by atoms with Gasteiger partial charge in [-0.25, -0.2) is 0 Å². The van der Waals surface area contributed by atoms with Crippen LogP contribution in [-0.2, 0) is 6.42 Å². The molecular weight excluding hydrogens is 328 g/mol. The highest BCUT2D eigenvalue weighted by Crippen LogP contribution is 2.26. The van der Waals surface area contributed by atoms with E-state index < -0.39 is 0 Å². The monoisotopic (exact) mass is 356 g/mol. The van der Waals surface area contributed by atoms with E-state index in [2.05, 4.69) is 25.9 Å². The van der Waals surface area contributed by atoms with Crippen LogP contribution in [0.3, 0.4) is 0 Å². The number of hydrogen-bond donors (Lipinski definition) is 3. The van der Waals surface area contributed by atoms with Crippen LogP contribution in [0.1, 0.15) is 67.2 Å². The number of aromatic amines is 1. The smallest absolute Gasteiger partial charge is 0.277 e. The van der Waals surface area contributed by atoms with E-state index in [4.69, 9.17) is 0 Å². The van der Waals surface area contributed by atoms with Gasteiger partial charge in [0.25, 0.3) is 5.91 Å². The van der Waals surface area contributed by atoms with Crippen LogP contribution in [0.25, 0.3) is 0 Å². The topological polar surface area (TPSA) is 87.6 Å². The Hall–Kier alpha value is -2.15. The Bertz CT molecular complexity index is 724. The normalized spacial score (nSPS) is 21.6. The van der Waals surface area contributed by atoms with Crippen LogP contribution < -0.4 is 10.6 Å². The molecule has 1 saturated heterocycles. The highest BCUT2D eigenvalue weighted by molar-refractivity contribution is 6.02. The Morgan fingerprint density at radius 2 is 2.12 bits per heavy atom. The molecule has 1 aliphatic carbocycles. The molecule has 7 nitrogen and oxygen atoms in total. The van der Waals surface area contributed by atoms with Crippen molar-refractivity contribution >= 4 is 11.7 Å². The van der Waals surface area contributed by atoms with E-state index in [0.717, 1.165) is 44.0 Å². The fraction of sp³-hybridized carbons (Fsp3) is 0.632. The van der Waals surface area contributed by atoms with E-state index in [0.29, 0.717) is 17.6 Å². The summed E-state index contributed by atoms with van der Waals surface area (Å²) in [4.78, 5) is 12.5. The second-order valence-corrected chi connectivity index (χ2v) is 7.62. The quantitative estimate of drug-likeness (QED) is 0.769. The van der Waals surface area contributed by atoms with E-state index in [-0.39, 0.29) is 5.91 Å². The number of anilines is 1. The second kappa shape index (κ2) is 8.03. The van der Waals surface area contributed by atoms with Gasteiger partial charge in [-0.2, -0.15) is 10.2 Å². The van der Waals surface area contributed by atoms with Crippen molar-refractivity contribution in [2.45, 2.75) is 57.4 Å². The molecule has 0 radical (unpaired) electrons. The SMILES string of the molecule is O=C(Nc1cc(CC2CCCCC2)[nH]n1)c1ccn(C2CCCNC2)n1. The standard InChI is InChI=1S/C19H28N6O/c26-19(17-8-10-25(24-17)16-7-4-9-20-13-16)21-18-12-15(22-23-18)11-14-5-2-1-3-6-14/h8,10,12,14,16,20H,1-7,9,11,13H2,(H2,21,22,23,26). The Labute approximate surface area is 153 Å². The summed E-state index contributed by atoms with van der Waals surface area (Å²) in [6, 6.07) is 4.06. The number of aromatic nitrogens is 4. The Kier molecular flexibility index (Phi) is 5.34. The minimum Gasteiger partial charge on any atom is -0.315 e. The lowest BCUT2D eigenvalue weighted by Crippen LogP contribution is -2.32. The minimum absolute atomic E-state index is 0.205. The van der Waals surface area contributed by atoms with Gasteiger partial charge in [0.15, 0.2) is 11.5 Å². The second-order valence-electron chi connectivity index (χ2n) is 7.62. The van der Waals surface area contributed by atoms with Gasteiger partial charge in [-0.3, -0.25) is 14.6 Å². The Morgan fingerprint density at radius 1 is 1.23 bits per heavy atom. The molecule has 2 fully saturated rings. The molecule has 3 N–H and O–H groups in total. The molecule has 1 unspecified atom stereocenters. The number of nitrogens with zero attached hydrogens (tertiary/aromatic N) is 3. The molecule has 1 aliphatic heterocycles. The van der Waals surface area contributed by atoms with Gasteiger partial charge in [-0.05, 0) is 37.8 Å². The van der Waals surface area contributed by atoms with Crippen molar-refractivity contribution < 1.29 is 4.79 Å². The van der Waals surface area contributed by atoms with Crippen LogP contribution in [0.4, 0.5) is 5.82 Å². The molecule has 2 aliphatic rings. The number of nitrogens with one attached hydrogen (secondary N) is 3. The predicted octanol–water partition coefficient (Wildman–Crippen LogP) is 2.91. The number of rotatable bonds is 5. The van der Waals surface area contributed by atoms with Gasteiger partial charge in [0.05, 0.1) is 6.04 Å². The number of hydrogen-bond acceptors (Lipinski definition) is 4. The number of carbonyl (C=O) groups excluding carboxylic acids is 1. The minimum atomic E-state index is -0.205. The average Bonchev–Trinajstić information content (AvgIpc) is 3.33. The van der Waals surface area contributed by atoms with Crippen molar-refractivity contribution in [3.63, 3.8) is 0 Å². The van der Waals surface area contributed by atoms with Crippen molar-refractivity contribution in [1.82, 2.24) is 25.3 Å². The summed E-state index contributed by atoms with van der Waals surface area (Å²) < 4.78 is 1.90. The summed E-state index contributed by atoms with van der Waals surface area (Å²) in [5.41, 5.74) is 1.54. The first-order valence-corrected chi connectivity index (χ1v) is 9.89. The third kappa shape index (κ3) is 4.15. The first-order chi connectivity index (χ1) is 12.8. The lowest BCUT2D eigenvalue weighted by molar-refractivity contribution is 0.102. The van der Waals surface area contributed by atoms with E-state index >= 15 is 0 Å². The van der Waals surface area contributed by atoms with Crippen LogP contribution in [0.5, 0.6) is 0 Å². The lowest BCUT2D eigenvalue weighted by atomic mass is 9.86. The molecule has 1 saturated carbocycles. The summed E-state index contributed by atoms with van der Waals surface area (Å²) in [5.74, 6) is 1.12. The van der Waals surface area contributed by atoms with Gasteiger partial charge in [-0.15, -0.1) is 0 Å². The zero-order valence-electron chi connectivity index (χ0n) is 15.2. The molecule has 0 spiro atoms. The van der Waals surface area contributed by atoms with Gasteiger partial charge < -0.3 is 10.6 Å². The van der Waals surface area contributed by atoms with Crippen molar-refractivity contribution in [3.8, 4) is 0 Å². The number of piperidine rings is 1. The van der Waals surface area contributed by atoms with Crippen molar-refractivity contribution in [3.05, 3.63) is 29.7 Å². The third-order valence-corrected chi connectivity index (χ3v) is 5.59. The molecule has 7 heteroatoms. The van der Waals surface area contributed by atoms with E-state index in [9.17, 15) is 4.79 Å². The molecule has 4 rings (SSSR count). The van der Waals surface area contributed by atoms with Gasteiger partial charge in [0.1, 0.15) is 0 Å². The molecule has 0 aromatic carbocycles. The van der Waals surface area contributed by atoms with Crippen LogP contribution in [0.15, 0.2) is 18.3 Å². The predicted molar refractivity (Wildman–Crippen MR) is 100 cm³/mol. The molecule has 140 valence electrons. The van der Waals surface area contributed by atoms with Crippen molar-refractivity contribution in [2.24, 2.45) is 5.92 Å². The average molecular weight is 356 g/mol. The third-order valence-electron chi connectivity index (χ3n) is 5.59. The summed E-state index contributed by atoms with van der Waals surface area (Å²) in [7, 11) is 0. The van der Waals surface area contributed by atoms with E-state index in [1.807, 2.05) is 16.9 Å². The highest BCUT2D eigenvalue weighted by atomic mass is 16.2. The van der Waals surface area contributed by atoms with Gasteiger partial charge >= 0.3 is 0 Å². The Balaban J connectivity index is 1.33. The maximum atomic E-state index is 12.5. The maximum Gasteiger partial charge on any atom is 0.277 e. The lowest BCUT2D eigenvalue weighted by Gasteiger charge is -2.22.